The second-order valence-corrected chi connectivity index (χ2v) is 6.95. The summed E-state index contributed by atoms with van der Waals surface area (Å²) in [5, 5.41) is 7.26. The lowest BCUT2D eigenvalue weighted by atomic mass is 10.2. The van der Waals surface area contributed by atoms with Crippen LogP contribution in [0.5, 0.6) is 5.75 Å². The van der Waals surface area contributed by atoms with Crippen LogP contribution in [0.4, 0.5) is 5.82 Å². The van der Waals surface area contributed by atoms with Crippen LogP contribution in [0.2, 0.25) is 0 Å². The van der Waals surface area contributed by atoms with E-state index in [0.29, 0.717) is 24.7 Å². The molecule has 3 aromatic rings. The molecule has 0 bridgehead atoms. The van der Waals surface area contributed by atoms with Crippen molar-refractivity contribution in [2.45, 2.75) is 39.4 Å². The average Bonchev–Trinajstić information content (AvgIpc) is 3.26. The van der Waals surface area contributed by atoms with Crippen molar-refractivity contribution >= 4 is 11.7 Å². The Bertz CT molecular complexity index is 1020. The molecule has 3 aromatic heterocycles. The number of aromatic nitrogens is 6. The van der Waals surface area contributed by atoms with E-state index in [1.165, 1.54) is 6.33 Å². The highest BCUT2D eigenvalue weighted by atomic mass is 16.5. The molecule has 3 N–H and O–H groups in total. The molecule has 0 spiro atoms. The van der Waals surface area contributed by atoms with E-state index in [0.717, 1.165) is 22.9 Å². The van der Waals surface area contributed by atoms with Gasteiger partial charge in [0.25, 0.3) is 0 Å². The fraction of sp³-hybridized carbons (Fsp3) is 0.389. The van der Waals surface area contributed by atoms with E-state index in [1.807, 2.05) is 29.3 Å². The van der Waals surface area contributed by atoms with Crippen LogP contribution < -0.4 is 15.8 Å². The zero-order valence-corrected chi connectivity index (χ0v) is 16.0. The molecule has 28 heavy (non-hydrogen) atoms. The Morgan fingerprint density at radius 3 is 2.86 bits per heavy atom. The van der Waals surface area contributed by atoms with E-state index in [1.54, 1.807) is 19.2 Å². The number of nitrogens with two attached hydrogens (primary N) is 1. The minimum absolute atomic E-state index is 0.178. The second kappa shape index (κ2) is 6.95. The molecule has 4 heterocycles. The van der Waals surface area contributed by atoms with Gasteiger partial charge < -0.3 is 20.4 Å². The molecule has 0 unspecified atom stereocenters. The molecule has 0 radical (unpaired) electrons. The predicted octanol–water partition coefficient (Wildman–Crippen LogP) is 1.46. The molecule has 10 heteroatoms. The Morgan fingerprint density at radius 2 is 2.11 bits per heavy atom. The lowest BCUT2D eigenvalue weighted by Crippen LogP contribution is -2.32. The van der Waals surface area contributed by atoms with Crippen molar-refractivity contribution in [2.75, 3.05) is 11.9 Å². The van der Waals surface area contributed by atoms with Gasteiger partial charge in [-0.25, -0.2) is 19.6 Å². The summed E-state index contributed by atoms with van der Waals surface area (Å²) in [7, 11) is 0. The van der Waals surface area contributed by atoms with Gasteiger partial charge in [-0.2, -0.15) is 5.10 Å². The van der Waals surface area contributed by atoms with Crippen LogP contribution >= 0.6 is 0 Å². The van der Waals surface area contributed by atoms with Crippen molar-refractivity contribution in [1.29, 1.82) is 0 Å². The molecule has 146 valence electrons. The zero-order valence-electron chi connectivity index (χ0n) is 16.0. The summed E-state index contributed by atoms with van der Waals surface area (Å²) < 4.78 is 9.75. The van der Waals surface area contributed by atoms with Gasteiger partial charge in [0.05, 0.1) is 12.1 Å². The van der Waals surface area contributed by atoms with Gasteiger partial charge >= 0.3 is 0 Å². The number of pyridine rings is 1. The van der Waals surface area contributed by atoms with Gasteiger partial charge in [-0.3, -0.25) is 4.79 Å². The standard InChI is InChI=1S/C18H22N8O2/c1-10(2)26-18(21-9-22-26)13-8-25-4-5-28-14-6-15(23-11(3)16(19)27)20-7-12(14)17(25)24-13/h6-11H,4-5H2,1-3H3,(H2,19,27)(H,20,23)/t11-/m1/s1. The molecule has 0 aromatic carbocycles. The van der Waals surface area contributed by atoms with Crippen molar-refractivity contribution in [3.05, 3.63) is 24.8 Å². The Hall–Kier alpha value is -3.43. The first-order valence-electron chi connectivity index (χ1n) is 9.10. The van der Waals surface area contributed by atoms with Crippen LogP contribution in [0.1, 0.15) is 26.8 Å². The van der Waals surface area contributed by atoms with Crippen molar-refractivity contribution in [1.82, 2.24) is 29.3 Å². The minimum Gasteiger partial charge on any atom is -0.491 e. The third-order valence-corrected chi connectivity index (χ3v) is 4.56. The topological polar surface area (TPSA) is 126 Å². The van der Waals surface area contributed by atoms with E-state index in [9.17, 15) is 4.79 Å². The monoisotopic (exact) mass is 382 g/mol. The number of carbonyl (C=O) groups excluding carboxylic acids is 1. The largest absolute Gasteiger partial charge is 0.491 e. The lowest BCUT2D eigenvalue weighted by Gasteiger charge is -2.13. The number of hydrogen-bond acceptors (Lipinski definition) is 7. The molecule has 0 saturated heterocycles. The van der Waals surface area contributed by atoms with Gasteiger partial charge in [0.1, 0.15) is 42.1 Å². The number of rotatable bonds is 5. The SMILES string of the molecule is CC(C)n1ncnc1-c1cn2c(n1)-c1cnc(N[C@H](C)C(N)=O)cc1OCC2. The first-order chi connectivity index (χ1) is 13.4. The number of nitrogens with one attached hydrogen (secondary N) is 1. The van der Waals surface area contributed by atoms with Gasteiger partial charge in [-0.1, -0.05) is 0 Å². The van der Waals surface area contributed by atoms with Gasteiger partial charge in [0.2, 0.25) is 5.91 Å². The van der Waals surface area contributed by atoms with Crippen LogP contribution in [-0.4, -0.2) is 47.9 Å². The maximum absolute atomic E-state index is 11.3. The molecule has 1 amide bonds. The van der Waals surface area contributed by atoms with E-state index < -0.39 is 11.9 Å². The third kappa shape index (κ3) is 3.17. The highest BCUT2D eigenvalue weighted by Gasteiger charge is 2.22. The Labute approximate surface area is 161 Å². The third-order valence-electron chi connectivity index (χ3n) is 4.56. The predicted molar refractivity (Wildman–Crippen MR) is 103 cm³/mol. The summed E-state index contributed by atoms with van der Waals surface area (Å²) in [5.74, 6) is 2.19. The smallest absolute Gasteiger partial charge is 0.239 e. The van der Waals surface area contributed by atoms with Crippen LogP contribution in [0.15, 0.2) is 24.8 Å². The molecular weight excluding hydrogens is 360 g/mol. The number of amides is 1. The number of primary amides is 1. The van der Waals surface area contributed by atoms with Gasteiger partial charge in [0, 0.05) is 24.5 Å². The number of nitrogens with zero attached hydrogens (tertiary/aromatic N) is 6. The van der Waals surface area contributed by atoms with Gasteiger partial charge in [-0.05, 0) is 20.8 Å². The second-order valence-electron chi connectivity index (χ2n) is 6.95. The minimum atomic E-state index is -0.535. The molecule has 1 aliphatic heterocycles. The number of fused-ring (bicyclic) bond motifs is 3. The number of anilines is 1. The zero-order chi connectivity index (χ0) is 19.8. The van der Waals surface area contributed by atoms with Gasteiger partial charge in [0.15, 0.2) is 5.82 Å². The molecule has 10 nitrogen and oxygen atoms in total. The summed E-state index contributed by atoms with van der Waals surface area (Å²) in [6, 6.07) is 1.40. The number of imidazole rings is 1. The highest BCUT2D eigenvalue weighted by Crippen LogP contribution is 2.34. The van der Waals surface area contributed by atoms with E-state index >= 15 is 0 Å². The quantitative estimate of drug-likeness (QED) is 0.684. The number of hydrogen-bond donors (Lipinski definition) is 2. The van der Waals surface area contributed by atoms with E-state index in [2.05, 4.69) is 20.4 Å². The van der Waals surface area contributed by atoms with Crippen LogP contribution in [-0.2, 0) is 11.3 Å². The molecule has 0 fully saturated rings. The molecule has 4 rings (SSSR count). The van der Waals surface area contributed by atoms with Crippen molar-refractivity contribution < 1.29 is 9.53 Å². The Balaban J connectivity index is 1.72. The van der Waals surface area contributed by atoms with Crippen molar-refractivity contribution in [3.63, 3.8) is 0 Å². The van der Waals surface area contributed by atoms with E-state index in [4.69, 9.17) is 15.5 Å². The first kappa shape index (κ1) is 18.0. The lowest BCUT2D eigenvalue weighted by molar-refractivity contribution is -0.118. The average molecular weight is 382 g/mol. The summed E-state index contributed by atoms with van der Waals surface area (Å²) in [6.45, 7) is 6.91. The molecule has 1 aliphatic rings. The molecule has 0 saturated carbocycles. The summed E-state index contributed by atoms with van der Waals surface area (Å²) in [6.07, 6.45) is 5.18. The summed E-state index contributed by atoms with van der Waals surface area (Å²) in [4.78, 5) is 24.8. The fourth-order valence-corrected chi connectivity index (χ4v) is 3.07. The highest BCUT2D eigenvalue weighted by molar-refractivity contribution is 5.82. The summed E-state index contributed by atoms with van der Waals surface area (Å²) >= 11 is 0. The number of carbonyl (C=O) groups is 1. The molecule has 1 atom stereocenters. The normalized spacial score (nSPS) is 14.0. The molecule has 0 aliphatic carbocycles. The van der Waals surface area contributed by atoms with E-state index in [-0.39, 0.29) is 6.04 Å². The first-order valence-corrected chi connectivity index (χ1v) is 9.10. The molecular formula is C18H22N8O2. The Kier molecular flexibility index (Phi) is 4.46. The summed E-state index contributed by atoms with van der Waals surface area (Å²) in [5.41, 5.74) is 6.83. The van der Waals surface area contributed by atoms with Gasteiger partial charge in [-0.15, -0.1) is 0 Å². The van der Waals surface area contributed by atoms with Crippen LogP contribution in [0.3, 0.4) is 0 Å². The number of ether oxygens (including phenoxy) is 1. The maximum Gasteiger partial charge on any atom is 0.239 e. The maximum atomic E-state index is 11.3. The van der Waals surface area contributed by atoms with Crippen LogP contribution in [0, 0.1) is 0 Å². The van der Waals surface area contributed by atoms with Crippen LogP contribution in [0.25, 0.3) is 22.9 Å². The van der Waals surface area contributed by atoms with Crippen molar-refractivity contribution in [3.8, 4) is 28.7 Å². The fourth-order valence-electron chi connectivity index (χ4n) is 3.07. The van der Waals surface area contributed by atoms with Crippen molar-refractivity contribution in [2.24, 2.45) is 5.73 Å². The Morgan fingerprint density at radius 1 is 1.29 bits per heavy atom.